The fraction of sp³-hybridized carbons (Fsp3) is 0.188. The van der Waals surface area contributed by atoms with Crippen molar-refractivity contribution in [2.75, 3.05) is 4.90 Å². The Kier molecular flexibility index (Phi) is 3.68. The van der Waals surface area contributed by atoms with Gasteiger partial charge in [0.15, 0.2) is 0 Å². The molecule has 0 spiro atoms. The number of carbonyl (C=O) groups is 1. The van der Waals surface area contributed by atoms with Crippen LogP contribution in [0.15, 0.2) is 46.9 Å². The van der Waals surface area contributed by atoms with Gasteiger partial charge in [-0.05, 0) is 35.4 Å². The van der Waals surface area contributed by atoms with Gasteiger partial charge in [0.1, 0.15) is 11.9 Å². The number of rotatable bonds is 3. The van der Waals surface area contributed by atoms with Gasteiger partial charge in [0.2, 0.25) is 0 Å². The molecule has 0 saturated carbocycles. The van der Waals surface area contributed by atoms with E-state index < -0.39 is 12.0 Å². The van der Waals surface area contributed by atoms with Crippen molar-refractivity contribution in [2.24, 2.45) is 0 Å². The van der Waals surface area contributed by atoms with E-state index in [0.29, 0.717) is 13.0 Å². The normalized spacial score (nSPS) is 16.9. The zero-order chi connectivity index (χ0) is 15.0. The van der Waals surface area contributed by atoms with Gasteiger partial charge in [0.25, 0.3) is 0 Å². The maximum Gasteiger partial charge on any atom is 0.326 e. The molecule has 0 bridgehead atoms. The highest BCUT2D eigenvalue weighted by molar-refractivity contribution is 9.10. The smallest absolute Gasteiger partial charge is 0.326 e. The van der Waals surface area contributed by atoms with E-state index in [9.17, 15) is 14.3 Å². The Bertz CT molecular complexity index is 704. The van der Waals surface area contributed by atoms with Crippen molar-refractivity contribution in [1.29, 1.82) is 0 Å². The van der Waals surface area contributed by atoms with Gasteiger partial charge in [-0.15, -0.1) is 0 Å². The topological polar surface area (TPSA) is 40.5 Å². The lowest BCUT2D eigenvalue weighted by atomic mass is 10.1. The molecule has 0 saturated heterocycles. The molecule has 0 aromatic heterocycles. The molecule has 1 atom stereocenters. The second-order valence-corrected chi connectivity index (χ2v) is 5.90. The van der Waals surface area contributed by atoms with Crippen molar-refractivity contribution in [3.05, 3.63) is 63.9 Å². The molecule has 5 heteroatoms. The number of halogens is 2. The van der Waals surface area contributed by atoms with Crippen LogP contribution in [0.4, 0.5) is 10.1 Å². The number of aliphatic carboxylic acids is 1. The molecule has 108 valence electrons. The van der Waals surface area contributed by atoms with E-state index >= 15 is 0 Å². The summed E-state index contributed by atoms with van der Waals surface area (Å²) in [4.78, 5) is 13.3. The van der Waals surface area contributed by atoms with Gasteiger partial charge in [-0.25, -0.2) is 9.18 Å². The summed E-state index contributed by atoms with van der Waals surface area (Å²) >= 11 is 3.39. The Morgan fingerprint density at radius 1 is 1.33 bits per heavy atom. The lowest BCUT2D eigenvalue weighted by Crippen LogP contribution is -2.38. The quantitative estimate of drug-likeness (QED) is 0.920. The van der Waals surface area contributed by atoms with Gasteiger partial charge >= 0.3 is 5.97 Å². The van der Waals surface area contributed by atoms with Crippen LogP contribution in [0.5, 0.6) is 0 Å². The largest absolute Gasteiger partial charge is 0.480 e. The van der Waals surface area contributed by atoms with Gasteiger partial charge in [-0.1, -0.05) is 34.1 Å². The highest BCUT2D eigenvalue weighted by Gasteiger charge is 2.34. The zero-order valence-electron chi connectivity index (χ0n) is 11.1. The van der Waals surface area contributed by atoms with E-state index in [4.69, 9.17) is 0 Å². The van der Waals surface area contributed by atoms with E-state index in [2.05, 4.69) is 15.9 Å². The molecule has 1 heterocycles. The third kappa shape index (κ3) is 2.65. The van der Waals surface area contributed by atoms with Crippen LogP contribution in [0, 0.1) is 5.82 Å². The van der Waals surface area contributed by atoms with Crippen LogP contribution < -0.4 is 4.90 Å². The minimum Gasteiger partial charge on any atom is -0.480 e. The molecular weight excluding hydrogens is 337 g/mol. The van der Waals surface area contributed by atoms with Gasteiger partial charge in [-0.2, -0.15) is 0 Å². The number of carboxylic acids is 1. The maximum atomic E-state index is 13.4. The number of para-hydroxylation sites is 1. The molecule has 3 nitrogen and oxygen atoms in total. The van der Waals surface area contributed by atoms with E-state index in [1.165, 1.54) is 12.1 Å². The minimum atomic E-state index is -0.862. The Morgan fingerprint density at radius 3 is 2.86 bits per heavy atom. The van der Waals surface area contributed by atoms with Crippen molar-refractivity contribution in [3.8, 4) is 0 Å². The summed E-state index contributed by atoms with van der Waals surface area (Å²) in [5.74, 6) is -1.19. The lowest BCUT2D eigenvalue weighted by molar-refractivity contribution is -0.138. The van der Waals surface area contributed by atoms with E-state index in [0.717, 1.165) is 21.3 Å². The number of nitrogens with zero attached hydrogens (tertiary/aromatic N) is 1. The van der Waals surface area contributed by atoms with Crippen LogP contribution in [0.25, 0.3) is 0 Å². The third-order valence-corrected chi connectivity index (χ3v) is 4.50. The highest BCUT2D eigenvalue weighted by atomic mass is 79.9. The van der Waals surface area contributed by atoms with Crippen LogP contribution in [0.3, 0.4) is 0 Å². The number of hydrogen-bond donors (Lipinski definition) is 1. The predicted molar refractivity (Wildman–Crippen MR) is 81.9 cm³/mol. The second-order valence-electron chi connectivity index (χ2n) is 5.05. The first-order valence-electron chi connectivity index (χ1n) is 6.57. The van der Waals surface area contributed by atoms with Gasteiger partial charge in [-0.3, -0.25) is 0 Å². The van der Waals surface area contributed by atoms with E-state index in [1.54, 1.807) is 6.07 Å². The first-order chi connectivity index (χ1) is 10.1. The molecule has 0 fully saturated rings. The van der Waals surface area contributed by atoms with E-state index in [-0.39, 0.29) is 5.82 Å². The molecule has 1 unspecified atom stereocenters. The SMILES string of the molecule is O=C(O)C1Cc2ccccc2N1Cc1cc(F)ccc1Br. The average Bonchev–Trinajstić information content (AvgIpc) is 2.82. The summed E-state index contributed by atoms with van der Waals surface area (Å²) in [6.45, 7) is 0.353. The standard InChI is InChI=1S/C16H13BrFNO2/c17-13-6-5-12(18)7-11(13)9-19-14-4-2-1-3-10(14)8-15(19)16(20)21/h1-7,15H,8-9H2,(H,20,21). The van der Waals surface area contributed by atoms with Crippen LogP contribution in [-0.4, -0.2) is 17.1 Å². The summed E-state index contributed by atoms with van der Waals surface area (Å²) < 4.78 is 14.2. The van der Waals surface area contributed by atoms with Crippen molar-refractivity contribution < 1.29 is 14.3 Å². The highest BCUT2D eigenvalue weighted by Crippen LogP contribution is 2.34. The number of anilines is 1. The molecule has 21 heavy (non-hydrogen) atoms. The van der Waals surface area contributed by atoms with Gasteiger partial charge in [0, 0.05) is 23.1 Å². The first kappa shape index (κ1) is 14.1. The third-order valence-electron chi connectivity index (χ3n) is 3.72. The van der Waals surface area contributed by atoms with Crippen molar-refractivity contribution in [2.45, 2.75) is 19.0 Å². The summed E-state index contributed by atoms with van der Waals surface area (Å²) in [5.41, 5.74) is 2.65. The lowest BCUT2D eigenvalue weighted by Gasteiger charge is -2.25. The molecule has 2 aromatic carbocycles. The van der Waals surface area contributed by atoms with Crippen molar-refractivity contribution in [3.63, 3.8) is 0 Å². The molecular formula is C16H13BrFNO2. The number of carboxylic acid groups (broad SMARTS) is 1. The van der Waals surface area contributed by atoms with E-state index in [1.807, 2.05) is 29.2 Å². The summed E-state index contributed by atoms with van der Waals surface area (Å²) in [6.07, 6.45) is 0.471. The van der Waals surface area contributed by atoms with Gasteiger partial charge in [0.05, 0.1) is 0 Å². The molecule has 2 aromatic rings. The number of hydrogen-bond acceptors (Lipinski definition) is 2. The molecule has 1 N–H and O–H groups in total. The molecule has 3 rings (SSSR count). The Hall–Kier alpha value is -1.88. The zero-order valence-corrected chi connectivity index (χ0v) is 12.7. The summed E-state index contributed by atoms with van der Waals surface area (Å²) in [7, 11) is 0. The molecule has 0 radical (unpaired) electrons. The van der Waals surface area contributed by atoms with Crippen LogP contribution in [-0.2, 0) is 17.8 Å². The predicted octanol–water partition coefficient (Wildman–Crippen LogP) is 3.60. The van der Waals surface area contributed by atoms with Crippen LogP contribution >= 0.6 is 15.9 Å². The Morgan fingerprint density at radius 2 is 2.10 bits per heavy atom. The second kappa shape index (κ2) is 5.48. The summed E-state index contributed by atoms with van der Waals surface area (Å²) in [5, 5.41) is 9.43. The van der Waals surface area contributed by atoms with Gasteiger partial charge < -0.3 is 10.0 Å². The average molecular weight is 350 g/mol. The minimum absolute atomic E-state index is 0.326. The fourth-order valence-corrected chi connectivity index (χ4v) is 3.09. The first-order valence-corrected chi connectivity index (χ1v) is 7.37. The maximum absolute atomic E-state index is 13.4. The fourth-order valence-electron chi connectivity index (χ4n) is 2.71. The molecule has 1 aliphatic rings. The van der Waals surface area contributed by atoms with Crippen LogP contribution in [0.2, 0.25) is 0 Å². The molecule has 1 aliphatic heterocycles. The van der Waals surface area contributed by atoms with Crippen molar-refractivity contribution in [1.82, 2.24) is 0 Å². The monoisotopic (exact) mass is 349 g/mol. The van der Waals surface area contributed by atoms with Crippen LogP contribution in [0.1, 0.15) is 11.1 Å². The van der Waals surface area contributed by atoms with Crippen molar-refractivity contribution >= 4 is 27.6 Å². The Balaban J connectivity index is 1.98. The Labute approximate surface area is 130 Å². The number of benzene rings is 2. The molecule has 0 aliphatic carbocycles. The summed E-state index contributed by atoms with van der Waals surface area (Å²) in [6, 6.07) is 11.5. The number of fused-ring (bicyclic) bond motifs is 1. The molecule has 0 amide bonds.